The van der Waals surface area contributed by atoms with Crippen molar-refractivity contribution in [3.63, 3.8) is 0 Å². The van der Waals surface area contributed by atoms with Gasteiger partial charge in [0.15, 0.2) is 0 Å². The normalized spacial score (nSPS) is 12.6. The first-order valence-corrected chi connectivity index (χ1v) is 7.76. The minimum absolute atomic E-state index is 0.00406. The van der Waals surface area contributed by atoms with Crippen molar-refractivity contribution in [2.24, 2.45) is 0 Å². The van der Waals surface area contributed by atoms with Gasteiger partial charge in [-0.2, -0.15) is 0 Å². The molecule has 1 heterocycles. The van der Waals surface area contributed by atoms with E-state index in [9.17, 15) is 0 Å². The lowest BCUT2D eigenvalue weighted by Crippen LogP contribution is -2.00. The van der Waals surface area contributed by atoms with Gasteiger partial charge in [-0.1, -0.05) is 28.1 Å². The van der Waals surface area contributed by atoms with Crippen LogP contribution in [0.1, 0.15) is 29.3 Å². The third-order valence-electron chi connectivity index (χ3n) is 2.47. The van der Waals surface area contributed by atoms with Gasteiger partial charge in [0.05, 0.1) is 18.2 Å². The smallest absolute Gasteiger partial charge is 0.122 e. The summed E-state index contributed by atoms with van der Waals surface area (Å²) in [6, 6.07) is 8.11. The van der Waals surface area contributed by atoms with Crippen molar-refractivity contribution in [1.82, 2.24) is 4.98 Å². The summed E-state index contributed by atoms with van der Waals surface area (Å²) >= 11 is 10.7. The zero-order valence-electron chi connectivity index (χ0n) is 9.90. The predicted octanol–water partition coefficient (Wildman–Crippen LogP) is 4.92. The van der Waals surface area contributed by atoms with Gasteiger partial charge >= 0.3 is 0 Å². The highest BCUT2D eigenvalue weighted by atomic mass is 79.9. The predicted molar refractivity (Wildman–Crippen MR) is 79.0 cm³/mol. The minimum atomic E-state index is -0.00406. The average Bonchev–Trinajstić information content (AvgIpc) is 2.86. The second kappa shape index (κ2) is 6.66. The van der Waals surface area contributed by atoms with Gasteiger partial charge in [-0.3, -0.25) is 0 Å². The number of ether oxygens (including phenoxy) is 1. The lowest BCUT2D eigenvalue weighted by atomic mass is 10.2. The number of alkyl halides is 1. The van der Waals surface area contributed by atoms with Gasteiger partial charge in [-0.25, -0.2) is 4.98 Å². The van der Waals surface area contributed by atoms with Crippen molar-refractivity contribution < 1.29 is 4.74 Å². The summed E-state index contributed by atoms with van der Waals surface area (Å²) < 4.78 is 6.88. The summed E-state index contributed by atoms with van der Waals surface area (Å²) in [5.41, 5.74) is 2.06. The number of benzene rings is 1. The van der Waals surface area contributed by atoms with Gasteiger partial charge in [0.2, 0.25) is 0 Å². The quantitative estimate of drug-likeness (QED) is 0.717. The Hall–Kier alpha value is -0.420. The van der Waals surface area contributed by atoms with Crippen molar-refractivity contribution in [3.05, 3.63) is 50.4 Å². The summed E-state index contributed by atoms with van der Waals surface area (Å²) in [4.78, 5) is 4.41. The Bertz CT molecular complexity index is 500. The first kappa shape index (κ1) is 14.0. The van der Waals surface area contributed by atoms with Crippen LogP contribution in [0, 0.1) is 0 Å². The molecule has 0 amide bonds. The Morgan fingerprint density at radius 1 is 1.39 bits per heavy atom. The van der Waals surface area contributed by atoms with Crippen molar-refractivity contribution in [1.29, 1.82) is 0 Å². The minimum Gasteiger partial charge on any atom is -0.367 e. The second-order valence-electron chi connectivity index (χ2n) is 3.89. The van der Waals surface area contributed by atoms with Crippen LogP contribution < -0.4 is 0 Å². The van der Waals surface area contributed by atoms with Crippen LogP contribution in [0.3, 0.4) is 0 Å². The molecule has 0 radical (unpaired) electrons. The molecule has 96 valence electrons. The Kier molecular flexibility index (Phi) is 5.18. The summed E-state index contributed by atoms with van der Waals surface area (Å²) in [6.07, 6.45) is -0.00406. The molecular weight excluding hydrogens is 334 g/mol. The molecule has 18 heavy (non-hydrogen) atoms. The molecule has 0 aliphatic heterocycles. The van der Waals surface area contributed by atoms with E-state index < -0.39 is 0 Å². The van der Waals surface area contributed by atoms with Crippen LogP contribution in [0.25, 0.3) is 0 Å². The fraction of sp³-hybridized carbons (Fsp3) is 0.308. The van der Waals surface area contributed by atoms with Crippen LogP contribution in [0.5, 0.6) is 0 Å². The molecule has 0 N–H and O–H groups in total. The van der Waals surface area contributed by atoms with E-state index in [-0.39, 0.29) is 6.10 Å². The Morgan fingerprint density at radius 2 is 2.11 bits per heavy atom. The molecule has 1 atom stereocenters. The molecule has 0 spiro atoms. The van der Waals surface area contributed by atoms with Crippen molar-refractivity contribution >= 4 is 38.9 Å². The topological polar surface area (TPSA) is 22.1 Å². The van der Waals surface area contributed by atoms with E-state index in [0.717, 1.165) is 20.7 Å². The maximum absolute atomic E-state index is 5.80. The molecule has 0 bridgehead atoms. The monoisotopic (exact) mass is 345 g/mol. The van der Waals surface area contributed by atoms with Crippen LogP contribution in [0.4, 0.5) is 0 Å². The molecule has 1 aromatic carbocycles. The van der Waals surface area contributed by atoms with Gasteiger partial charge in [0.1, 0.15) is 11.1 Å². The molecule has 0 aliphatic carbocycles. The molecule has 1 unspecified atom stereocenters. The highest BCUT2D eigenvalue weighted by molar-refractivity contribution is 9.10. The Labute approximate surface area is 124 Å². The summed E-state index contributed by atoms with van der Waals surface area (Å²) in [5, 5.41) is 2.95. The van der Waals surface area contributed by atoms with Gasteiger partial charge in [0.25, 0.3) is 0 Å². The van der Waals surface area contributed by atoms with Gasteiger partial charge in [0, 0.05) is 9.85 Å². The number of halogens is 2. The van der Waals surface area contributed by atoms with E-state index in [4.69, 9.17) is 16.3 Å². The van der Waals surface area contributed by atoms with E-state index in [1.807, 2.05) is 36.6 Å². The number of hydrogen-bond donors (Lipinski definition) is 0. The standard InChI is InChI=1S/C13H13BrClNOS/c1-9(13-16-12(6-15)8-18-13)17-7-10-2-4-11(14)5-3-10/h2-5,8-9H,6-7H2,1H3. The van der Waals surface area contributed by atoms with E-state index in [1.54, 1.807) is 11.3 Å². The third-order valence-corrected chi connectivity index (χ3v) is 4.32. The summed E-state index contributed by atoms with van der Waals surface area (Å²) in [7, 11) is 0. The maximum Gasteiger partial charge on any atom is 0.122 e. The zero-order valence-corrected chi connectivity index (χ0v) is 13.1. The number of aromatic nitrogens is 1. The molecule has 5 heteroatoms. The molecule has 0 saturated carbocycles. The first-order chi connectivity index (χ1) is 8.69. The molecule has 0 saturated heterocycles. The van der Waals surface area contributed by atoms with Gasteiger partial charge < -0.3 is 4.74 Å². The highest BCUT2D eigenvalue weighted by Gasteiger charge is 2.10. The van der Waals surface area contributed by atoms with Crippen molar-refractivity contribution in [2.75, 3.05) is 0 Å². The summed E-state index contributed by atoms with van der Waals surface area (Å²) in [5.74, 6) is 0.454. The molecule has 2 rings (SSSR count). The number of hydrogen-bond acceptors (Lipinski definition) is 3. The lowest BCUT2D eigenvalue weighted by Gasteiger charge is -2.10. The molecule has 2 aromatic rings. The van der Waals surface area contributed by atoms with E-state index in [0.29, 0.717) is 12.5 Å². The number of rotatable bonds is 5. The van der Waals surface area contributed by atoms with E-state index in [1.165, 1.54) is 0 Å². The average molecular weight is 347 g/mol. The molecule has 2 nitrogen and oxygen atoms in total. The fourth-order valence-corrected chi connectivity index (χ4v) is 2.76. The van der Waals surface area contributed by atoms with Crippen LogP contribution in [-0.4, -0.2) is 4.98 Å². The van der Waals surface area contributed by atoms with Crippen LogP contribution in [0.15, 0.2) is 34.1 Å². The number of thiazole rings is 1. The Balaban J connectivity index is 1.91. The molecule has 1 aromatic heterocycles. The Morgan fingerprint density at radius 3 is 2.72 bits per heavy atom. The first-order valence-electron chi connectivity index (χ1n) is 5.55. The van der Waals surface area contributed by atoms with E-state index >= 15 is 0 Å². The van der Waals surface area contributed by atoms with Gasteiger partial charge in [-0.05, 0) is 24.6 Å². The largest absolute Gasteiger partial charge is 0.367 e. The maximum atomic E-state index is 5.80. The third kappa shape index (κ3) is 3.79. The SMILES string of the molecule is CC(OCc1ccc(Br)cc1)c1nc(CCl)cs1. The van der Waals surface area contributed by atoms with E-state index in [2.05, 4.69) is 20.9 Å². The molecular formula is C13H13BrClNOS. The van der Waals surface area contributed by atoms with Crippen LogP contribution >= 0.6 is 38.9 Å². The summed E-state index contributed by atoms with van der Waals surface area (Å²) in [6.45, 7) is 2.60. The van der Waals surface area contributed by atoms with Crippen LogP contribution in [-0.2, 0) is 17.2 Å². The molecule has 0 fully saturated rings. The second-order valence-corrected chi connectivity index (χ2v) is 5.96. The van der Waals surface area contributed by atoms with Crippen molar-refractivity contribution in [2.45, 2.75) is 25.5 Å². The van der Waals surface area contributed by atoms with Crippen LogP contribution in [0.2, 0.25) is 0 Å². The molecule has 0 aliphatic rings. The number of nitrogens with zero attached hydrogens (tertiary/aromatic N) is 1. The highest BCUT2D eigenvalue weighted by Crippen LogP contribution is 2.23. The van der Waals surface area contributed by atoms with Gasteiger partial charge in [-0.15, -0.1) is 22.9 Å². The zero-order chi connectivity index (χ0) is 13.0. The lowest BCUT2D eigenvalue weighted by molar-refractivity contribution is 0.0523. The fourth-order valence-electron chi connectivity index (χ4n) is 1.44. The van der Waals surface area contributed by atoms with Crippen molar-refractivity contribution in [3.8, 4) is 0 Å².